The van der Waals surface area contributed by atoms with E-state index >= 15 is 0 Å². The van der Waals surface area contributed by atoms with Crippen molar-refractivity contribution in [2.45, 2.75) is 4.90 Å². The van der Waals surface area contributed by atoms with Crippen LogP contribution in [-0.4, -0.2) is 14.3 Å². The summed E-state index contributed by atoms with van der Waals surface area (Å²) in [6, 6.07) is 6.59. The number of nitrogens with one attached hydrogen (secondary N) is 1. The van der Waals surface area contributed by atoms with E-state index < -0.39 is 38.0 Å². The summed E-state index contributed by atoms with van der Waals surface area (Å²) in [6.07, 6.45) is 0. The lowest BCUT2D eigenvalue weighted by Crippen LogP contribution is -2.19. The number of sulfonamides is 1. The van der Waals surface area contributed by atoms with Gasteiger partial charge in [-0.25, -0.2) is 22.3 Å². The monoisotopic (exact) mass is 346 g/mol. The van der Waals surface area contributed by atoms with Crippen molar-refractivity contribution in [2.24, 2.45) is 5.14 Å². The number of carbonyl (C=O) groups excluding carboxylic acids is 1. The highest BCUT2D eigenvalue weighted by atomic mass is 35.5. The lowest BCUT2D eigenvalue weighted by atomic mass is 10.2. The van der Waals surface area contributed by atoms with Crippen LogP contribution >= 0.6 is 11.6 Å². The molecule has 0 spiro atoms. The molecular weight excluding hydrogens is 338 g/mol. The Bertz CT molecular complexity index is 856. The first-order chi connectivity index (χ1) is 10.2. The number of carbonyl (C=O) groups is 1. The van der Waals surface area contributed by atoms with Crippen LogP contribution in [0.3, 0.4) is 0 Å². The van der Waals surface area contributed by atoms with E-state index in [1.165, 1.54) is 12.1 Å². The van der Waals surface area contributed by atoms with E-state index in [2.05, 4.69) is 5.32 Å². The average Bonchev–Trinajstić information content (AvgIpc) is 2.41. The predicted octanol–water partition coefficient (Wildman–Crippen LogP) is 2.52. The molecule has 0 aromatic heterocycles. The van der Waals surface area contributed by atoms with Crippen LogP contribution in [0.25, 0.3) is 0 Å². The SMILES string of the molecule is NS(=O)(=O)c1cccc(C(=O)Nc2ccc(F)c(Cl)c2)c1F. The third-order valence-electron chi connectivity index (χ3n) is 2.69. The van der Waals surface area contributed by atoms with E-state index in [1.807, 2.05) is 0 Å². The van der Waals surface area contributed by atoms with Crippen molar-refractivity contribution in [1.29, 1.82) is 0 Å². The Labute approximate surface area is 129 Å². The average molecular weight is 347 g/mol. The zero-order valence-electron chi connectivity index (χ0n) is 10.8. The molecule has 0 radical (unpaired) electrons. The van der Waals surface area contributed by atoms with Gasteiger partial charge in [0.2, 0.25) is 10.0 Å². The molecule has 1 amide bonds. The van der Waals surface area contributed by atoms with E-state index in [9.17, 15) is 22.0 Å². The quantitative estimate of drug-likeness (QED) is 0.894. The van der Waals surface area contributed by atoms with Crippen LogP contribution in [0.15, 0.2) is 41.3 Å². The van der Waals surface area contributed by atoms with E-state index in [1.54, 1.807) is 0 Å². The number of anilines is 1. The van der Waals surface area contributed by atoms with Crippen molar-refractivity contribution in [3.05, 3.63) is 58.6 Å². The molecule has 2 aromatic rings. The molecule has 5 nitrogen and oxygen atoms in total. The molecule has 0 heterocycles. The molecular formula is C13H9ClF2N2O3S. The molecule has 3 N–H and O–H groups in total. The highest BCUT2D eigenvalue weighted by Gasteiger charge is 2.21. The van der Waals surface area contributed by atoms with Crippen molar-refractivity contribution in [3.8, 4) is 0 Å². The van der Waals surface area contributed by atoms with Crippen LogP contribution in [-0.2, 0) is 10.0 Å². The summed E-state index contributed by atoms with van der Waals surface area (Å²) in [6.45, 7) is 0. The first-order valence-electron chi connectivity index (χ1n) is 5.78. The molecule has 0 aliphatic carbocycles. The number of nitrogens with two attached hydrogens (primary N) is 1. The van der Waals surface area contributed by atoms with Crippen molar-refractivity contribution < 1.29 is 22.0 Å². The second-order valence-electron chi connectivity index (χ2n) is 4.25. The summed E-state index contributed by atoms with van der Waals surface area (Å²) in [5, 5.41) is 6.91. The van der Waals surface area contributed by atoms with E-state index in [4.69, 9.17) is 16.7 Å². The molecule has 0 atom stereocenters. The van der Waals surface area contributed by atoms with Crippen molar-refractivity contribution in [1.82, 2.24) is 0 Å². The molecule has 0 unspecified atom stereocenters. The molecule has 0 saturated heterocycles. The van der Waals surface area contributed by atoms with Crippen LogP contribution < -0.4 is 10.5 Å². The first kappa shape index (κ1) is 16.3. The number of halogens is 3. The van der Waals surface area contributed by atoms with Gasteiger partial charge in [-0.2, -0.15) is 0 Å². The lowest BCUT2D eigenvalue weighted by Gasteiger charge is -2.08. The largest absolute Gasteiger partial charge is 0.322 e. The fourth-order valence-corrected chi connectivity index (χ4v) is 2.49. The van der Waals surface area contributed by atoms with E-state index in [-0.39, 0.29) is 10.7 Å². The van der Waals surface area contributed by atoms with Gasteiger partial charge in [0.05, 0.1) is 10.6 Å². The molecule has 0 bridgehead atoms. The maximum Gasteiger partial charge on any atom is 0.258 e. The van der Waals surface area contributed by atoms with Crippen LogP contribution in [0.4, 0.5) is 14.5 Å². The molecule has 116 valence electrons. The smallest absolute Gasteiger partial charge is 0.258 e. The van der Waals surface area contributed by atoms with Gasteiger partial charge >= 0.3 is 0 Å². The molecule has 0 saturated carbocycles. The van der Waals surface area contributed by atoms with Gasteiger partial charge < -0.3 is 5.32 Å². The fraction of sp³-hybridized carbons (Fsp3) is 0. The van der Waals surface area contributed by atoms with Gasteiger partial charge in [0.1, 0.15) is 10.7 Å². The second-order valence-corrected chi connectivity index (χ2v) is 6.18. The Kier molecular flexibility index (Phi) is 4.45. The zero-order chi connectivity index (χ0) is 16.5. The highest BCUT2D eigenvalue weighted by Crippen LogP contribution is 2.21. The summed E-state index contributed by atoms with van der Waals surface area (Å²) < 4.78 is 49.5. The van der Waals surface area contributed by atoms with Crippen LogP contribution in [0.1, 0.15) is 10.4 Å². The second kappa shape index (κ2) is 5.99. The summed E-state index contributed by atoms with van der Waals surface area (Å²) in [4.78, 5) is 11.2. The predicted molar refractivity (Wildman–Crippen MR) is 77.1 cm³/mol. The number of hydrogen-bond donors (Lipinski definition) is 2. The van der Waals surface area contributed by atoms with Gasteiger partial charge in [-0.15, -0.1) is 0 Å². The van der Waals surface area contributed by atoms with Gasteiger partial charge in [-0.05, 0) is 30.3 Å². The zero-order valence-corrected chi connectivity index (χ0v) is 12.4. The summed E-state index contributed by atoms with van der Waals surface area (Å²) in [5.41, 5.74) is -0.399. The van der Waals surface area contributed by atoms with Crippen LogP contribution in [0.2, 0.25) is 5.02 Å². The van der Waals surface area contributed by atoms with E-state index in [0.29, 0.717) is 0 Å². The molecule has 0 aliphatic heterocycles. The maximum absolute atomic E-state index is 14.1. The van der Waals surface area contributed by atoms with Crippen molar-refractivity contribution in [3.63, 3.8) is 0 Å². The van der Waals surface area contributed by atoms with Gasteiger partial charge in [-0.1, -0.05) is 17.7 Å². The Morgan fingerprint density at radius 3 is 2.45 bits per heavy atom. The van der Waals surface area contributed by atoms with Crippen molar-refractivity contribution >= 4 is 33.2 Å². The highest BCUT2D eigenvalue weighted by molar-refractivity contribution is 7.89. The Balaban J connectivity index is 2.36. The first-order valence-corrected chi connectivity index (χ1v) is 7.70. The molecule has 0 fully saturated rings. The Morgan fingerprint density at radius 2 is 1.86 bits per heavy atom. The van der Waals surface area contributed by atoms with Gasteiger partial charge in [0.25, 0.3) is 5.91 Å². The van der Waals surface area contributed by atoms with Gasteiger partial charge in [-0.3, -0.25) is 4.79 Å². The third kappa shape index (κ3) is 3.41. The minimum atomic E-state index is -4.30. The van der Waals surface area contributed by atoms with Crippen LogP contribution in [0.5, 0.6) is 0 Å². The number of primary sulfonamides is 1. The molecule has 2 rings (SSSR count). The van der Waals surface area contributed by atoms with Crippen molar-refractivity contribution in [2.75, 3.05) is 5.32 Å². The van der Waals surface area contributed by atoms with Gasteiger partial charge in [0, 0.05) is 5.69 Å². The number of rotatable bonds is 3. The normalized spacial score (nSPS) is 11.3. The minimum Gasteiger partial charge on any atom is -0.322 e. The van der Waals surface area contributed by atoms with Crippen LogP contribution in [0, 0.1) is 11.6 Å². The van der Waals surface area contributed by atoms with E-state index in [0.717, 1.165) is 24.3 Å². The fourth-order valence-electron chi connectivity index (χ4n) is 1.68. The van der Waals surface area contributed by atoms with Gasteiger partial charge in [0.15, 0.2) is 5.82 Å². The summed E-state index contributed by atoms with van der Waals surface area (Å²) in [5.74, 6) is -2.87. The number of benzene rings is 2. The summed E-state index contributed by atoms with van der Waals surface area (Å²) >= 11 is 5.56. The minimum absolute atomic E-state index is 0.122. The molecule has 2 aromatic carbocycles. The molecule has 0 aliphatic rings. The maximum atomic E-state index is 14.1. The number of hydrogen-bond acceptors (Lipinski definition) is 3. The Hall–Kier alpha value is -2.03. The Morgan fingerprint density at radius 1 is 1.18 bits per heavy atom. The topological polar surface area (TPSA) is 89.3 Å². The molecule has 22 heavy (non-hydrogen) atoms. The third-order valence-corrected chi connectivity index (χ3v) is 3.91. The number of amides is 1. The lowest BCUT2D eigenvalue weighted by molar-refractivity contribution is 0.102. The summed E-state index contributed by atoms with van der Waals surface area (Å²) in [7, 11) is -4.30. The standard InChI is InChI=1S/C13H9ClF2N2O3S/c14-9-6-7(4-5-10(9)15)18-13(19)8-2-1-3-11(12(8)16)22(17,20)21/h1-6H,(H,18,19)(H2,17,20,21). The molecule has 9 heteroatoms.